The maximum atomic E-state index is 12.8. The Morgan fingerprint density at radius 3 is 2.40 bits per heavy atom. The summed E-state index contributed by atoms with van der Waals surface area (Å²) in [6.07, 6.45) is -1.65. The van der Waals surface area contributed by atoms with Crippen molar-refractivity contribution in [3.05, 3.63) is 78.6 Å². The van der Waals surface area contributed by atoms with E-state index < -0.39 is 16.4 Å². The van der Waals surface area contributed by atoms with Gasteiger partial charge < -0.3 is 9.64 Å². The minimum absolute atomic E-state index is 0.153. The van der Waals surface area contributed by atoms with E-state index in [1.807, 2.05) is 4.90 Å². The molecule has 1 aliphatic heterocycles. The van der Waals surface area contributed by atoms with Crippen molar-refractivity contribution >= 4 is 21.4 Å². The van der Waals surface area contributed by atoms with Crippen LogP contribution in [0.4, 0.5) is 24.5 Å². The van der Waals surface area contributed by atoms with Gasteiger partial charge in [-0.1, -0.05) is 18.2 Å². The fourth-order valence-electron chi connectivity index (χ4n) is 3.97. The van der Waals surface area contributed by atoms with Crippen LogP contribution in [0.3, 0.4) is 0 Å². The number of benzene rings is 2. The van der Waals surface area contributed by atoms with Crippen LogP contribution in [0.1, 0.15) is 19.4 Å². The molecule has 1 fully saturated rings. The molecule has 3 aromatic rings. The highest BCUT2D eigenvalue weighted by atomic mass is 32.2. The van der Waals surface area contributed by atoms with Crippen LogP contribution in [-0.2, 0) is 16.6 Å². The molecule has 2 aromatic carbocycles. The summed E-state index contributed by atoms with van der Waals surface area (Å²) < 4.78 is 69.6. The molecule has 35 heavy (non-hydrogen) atoms. The van der Waals surface area contributed by atoms with E-state index in [0.29, 0.717) is 25.4 Å². The van der Waals surface area contributed by atoms with Crippen molar-refractivity contribution in [1.29, 1.82) is 0 Å². The molecule has 1 N–H and O–H groups in total. The number of aromatic nitrogens is 1. The first kappa shape index (κ1) is 24.8. The van der Waals surface area contributed by atoms with Gasteiger partial charge in [-0.25, -0.2) is 8.42 Å². The molecule has 4 rings (SSSR count). The number of halogens is 3. The van der Waals surface area contributed by atoms with E-state index >= 15 is 0 Å². The van der Waals surface area contributed by atoms with Gasteiger partial charge >= 0.3 is 6.36 Å². The minimum atomic E-state index is -4.74. The quantitative estimate of drug-likeness (QED) is 0.494. The number of rotatable bonds is 7. The summed E-state index contributed by atoms with van der Waals surface area (Å²) in [5.74, 6) is -0.274. The molecule has 1 saturated heterocycles. The molecule has 1 aromatic heterocycles. The van der Waals surface area contributed by atoms with Gasteiger partial charge in [-0.15, -0.1) is 13.2 Å². The summed E-state index contributed by atoms with van der Waals surface area (Å²) in [4.78, 5) is 8.45. The Morgan fingerprint density at radius 2 is 1.74 bits per heavy atom. The fraction of sp³-hybridized carbons (Fsp3) is 0.292. The second-order valence-corrected chi connectivity index (χ2v) is 10.5. The van der Waals surface area contributed by atoms with Gasteiger partial charge in [0, 0.05) is 30.5 Å². The molecule has 0 bridgehead atoms. The lowest BCUT2D eigenvalue weighted by molar-refractivity contribution is -0.274. The summed E-state index contributed by atoms with van der Waals surface area (Å²) >= 11 is 0. The third kappa shape index (κ3) is 6.04. The molecule has 1 aliphatic rings. The van der Waals surface area contributed by atoms with Crippen LogP contribution in [0, 0.1) is 0 Å². The molecule has 0 amide bonds. The molecule has 2 heterocycles. The largest absolute Gasteiger partial charge is 0.573 e. The van der Waals surface area contributed by atoms with Crippen molar-refractivity contribution in [2.75, 3.05) is 22.8 Å². The number of anilines is 2. The second kappa shape index (κ2) is 9.38. The summed E-state index contributed by atoms with van der Waals surface area (Å²) in [6, 6.07) is 15.6. The maximum Gasteiger partial charge on any atom is 0.573 e. The van der Waals surface area contributed by atoms with Gasteiger partial charge in [0.1, 0.15) is 5.75 Å². The van der Waals surface area contributed by atoms with Gasteiger partial charge in [0.2, 0.25) is 0 Å². The van der Waals surface area contributed by atoms with Crippen LogP contribution < -0.4 is 14.4 Å². The lowest BCUT2D eigenvalue weighted by Crippen LogP contribution is -2.39. The highest BCUT2D eigenvalue weighted by Gasteiger charge is 2.37. The Hall–Kier alpha value is -3.31. The highest BCUT2D eigenvalue weighted by molar-refractivity contribution is 7.92. The third-order valence-electron chi connectivity index (χ3n) is 5.78. The van der Waals surface area contributed by atoms with Crippen LogP contribution >= 0.6 is 0 Å². The van der Waals surface area contributed by atoms with Gasteiger partial charge in [-0.3, -0.25) is 14.6 Å². The molecule has 0 saturated carbocycles. The first-order chi connectivity index (χ1) is 16.4. The first-order valence-corrected chi connectivity index (χ1v) is 12.3. The third-order valence-corrected chi connectivity index (χ3v) is 7.16. The molecule has 186 valence electrons. The summed E-state index contributed by atoms with van der Waals surface area (Å²) in [5.41, 5.74) is 1.61. The molecule has 0 unspecified atom stereocenters. The van der Waals surface area contributed by atoms with Gasteiger partial charge in [0.15, 0.2) is 0 Å². The van der Waals surface area contributed by atoms with Crippen LogP contribution in [0.15, 0.2) is 78.0 Å². The maximum absolute atomic E-state index is 12.8. The summed E-state index contributed by atoms with van der Waals surface area (Å²) in [6.45, 7) is 5.68. The van der Waals surface area contributed by atoms with Crippen molar-refractivity contribution in [3.8, 4) is 5.75 Å². The van der Waals surface area contributed by atoms with Crippen molar-refractivity contribution in [1.82, 2.24) is 9.88 Å². The minimum Gasteiger partial charge on any atom is -0.406 e. The zero-order chi connectivity index (χ0) is 25.3. The fourth-order valence-corrected chi connectivity index (χ4v) is 5.08. The molecule has 0 atom stereocenters. The number of alkyl halides is 3. The zero-order valence-electron chi connectivity index (χ0n) is 19.2. The monoisotopic (exact) mass is 506 g/mol. The SMILES string of the molecule is CC1(C)CN(c2ccc(OC(F)(F)F)cc2)CN1Cc1ccncc1NS(=O)(=O)c1ccccc1. The van der Waals surface area contributed by atoms with E-state index in [0.717, 1.165) is 11.3 Å². The summed E-state index contributed by atoms with van der Waals surface area (Å²) in [5, 5.41) is 0. The van der Waals surface area contributed by atoms with E-state index in [1.165, 1.54) is 30.5 Å². The number of sulfonamides is 1. The van der Waals surface area contributed by atoms with E-state index in [4.69, 9.17) is 0 Å². The Morgan fingerprint density at radius 1 is 1.06 bits per heavy atom. The smallest absolute Gasteiger partial charge is 0.406 e. The molecular weight excluding hydrogens is 481 g/mol. The van der Waals surface area contributed by atoms with Crippen LogP contribution in [0.2, 0.25) is 0 Å². The van der Waals surface area contributed by atoms with Crippen molar-refractivity contribution in [2.45, 2.75) is 37.2 Å². The Labute approximate surface area is 202 Å². The van der Waals surface area contributed by atoms with Crippen molar-refractivity contribution in [2.24, 2.45) is 0 Å². The van der Waals surface area contributed by atoms with E-state index in [9.17, 15) is 21.6 Å². The lowest BCUT2D eigenvalue weighted by Gasteiger charge is -2.30. The molecule has 0 spiro atoms. The standard InChI is InChI=1S/C24H25F3N4O3S/c1-23(2)16-30(19-8-10-20(11-9-19)34-24(25,26)27)17-31(23)15-18-12-13-28-14-22(18)29-35(32,33)21-6-4-3-5-7-21/h3-14,29H,15-17H2,1-2H3. The van der Waals surface area contributed by atoms with Crippen molar-refractivity contribution < 1.29 is 26.3 Å². The van der Waals surface area contributed by atoms with Gasteiger partial charge in [-0.05, 0) is 61.9 Å². The molecule has 7 nitrogen and oxygen atoms in total. The van der Waals surface area contributed by atoms with E-state index in [1.54, 1.807) is 42.6 Å². The lowest BCUT2D eigenvalue weighted by atomic mass is 10.0. The Kier molecular flexibility index (Phi) is 6.65. The number of hydrogen-bond donors (Lipinski definition) is 1. The topological polar surface area (TPSA) is 74.8 Å². The average Bonchev–Trinajstić information content (AvgIpc) is 3.09. The first-order valence-electron chi connectivity index (χ1n) is 10.8. The van der Waals surface area contributed by atoms with E-state index in [2.05, 4.69) is 33.2 Å². The molecular formula is C24H25F3N4O3S. The zero-order valence-corrected chi connectivity index (χ0v) is 20.0. The molecule has 0 aliphatic carbocycles. The number of nitrogens with one attached hydrogen (secondary N) is 1. The summed E-state index contributed by atoms with van der Waals surface area (Å²) in [7, 11) is -3.78. The normalized spacial score (nSPS) is 16.3. The van der Waals surface area contributed by atoms with Gasteiger partial charge in [0.25, 0.3) is 10.0 Å². The number of hydrogen-bond acceptors (Lipinski definition) is 6. The molecule has 11 heteroatoms. The predicted molar refractivity (Wildman–Crippen MR) is 126 cm³/mol. The predicted octanol–water partition coefficient (Wildman–Crippen LogP) is 4.84. The number of pyridine rings is 1. The molecule has 0 radical (unpaired) electrons. The number of nitrogens with zero attached hydrogens (tertiary/aromatic N) is 3. The van der Waals surface area contributed by atoms with Crippen LogP contribution in [0.5, 0.6) is 5.75 Å². The Balaban J connectivity index is 1.50. The van der Waals surface area contributed by atoms with E-state index in [-0.39, 0.29) is 16.2 Å². The van der Waals surface area contributed by atoms with Gasteiger partial charge in [0.05, 0.1) is 23.4 Å². The highest BCUT2D eigenvalue weighted by Crippen LogP contribution is 2.33. The number of ether oxygens (including phenoxy) is 1. The Bertz CT molecular complexity index is 1270. The van der Waals surface area contributed by atoms with Gasteiger partial charge in [-0.2, -0.15) is 0 Å². The van der Waals surface area contributed by atoms with Crippen molar-refractivity contribution in [3.63, 3.8) is 0 Å². The second-order valence-electron chi connectivity index (χ2n) is 8.84. The average molecular weight is 507 g/mol. The van der Waals surface area contributed by atoms with Crippen LogP contribution in [-0.4, -0.2) is 43.4 Å². The van der Waals surface area contributed by atoms with Crippen LogP contribution in [0.25, 0.3) is 0 Å².